The van der Waals surface area contributed by atoms with Crippen molar-refractivity contribution in [2.45, 2.75) is 6.42 Å². The predicted octanol–water partition coefficient (Wildman–Crippen LogP) is 14.4. The van der Waals surface area contributed by atoms with Gasteiger partial charge in [-0.15, -0.1) is 11.3 Å². The predicted molar refractivity (Wildman–Crippen MR) is 227 cm³/mol. The van der Waals surface area contributed by atoms with Gasteiger partial charge in [0.25, 0.3) is 0 Å². The topological polar surface area (TPSA) is 25.6 Å². The Hall–Kier alpha value is -6.62. The van der Waals surface area contributed by atoms with Gasteiger partial charge in [0, 0.05) is 66.1 Å². The summed E-state index contributed by atoms with van der Waals surface area (Å²) in [6.07, 6.45) is 0.951. The molecule has 3 nitrogen and oxygen atoms in total. The number of benzene rings is 8. The summed E-state index contributed by atoms with van der Waals surface area (Å²) in [5, 5.41) is 4.88. The van der Waals surface area contributed by atoms with Gasteiger partial charge in [-0.3, -0.25) is 0 Å². The lowest BCUT2D eigenvalue weighted by Crippen LogP contribution is -2.10. The minimum absolute atomic E-state index is 0.731. The van der Waals surface area contributed by atoms with E-state index in [0.717, 1.165) is 80.0 Å². The van der Waals surface area contributed by atoms with Crippen LogP contribution in [0.1, 0.15) is 5.56 Å². The van der Waals surface area contributed by atoms with Crippen LogP contribution in [0.25, 0.3) is 75.5 Å². The minimum atomic E-state index is 0.731. The summed E-state index contributed by atoms with van der Waals surface area (Å²) >= 11 is 1.87. The molecule has 0 fully saturated rings. The maximum atomic E-state index is 6.46. The van der Waals surface area contributed by atoms with E-state index in [0.29, 0.717) is 0 Å². The van der Waals surface area contributed by atoms with Crippen LogP contribution in [0, 0.1) is 0 Å². The lowest BCUT2D eigenvalue weighted by atomic mass is 10.00. The molecule has 54 heavy (non-hydrogen) atoms. The quantitative estimate of drug-likeness (QED) is 0.172. The van der Waals surface area contributed by atoms with Gasteiger partial charge >= 0.3 is 0 Å². The number of fused-ring (bicyclic) bond motifs is 7. The minimum Gasteiger partial charge on any atom is -0.493 e. The third kappa shape index (κ3) is 5.10. The SMILES string of the molecule is c1ccc(-c2cccc3c2oc2ccc(-c4ccc(N(c5ccc(-c6cccc7c6sc6ccccc67)cc5)c5ccc6c(c5)OCC6)cc4)cc23)cc1. The van der Waals surface area contributed by atoms with E-state index in [9.17, 15) is 0 Å². The van der Waals surface area contributed by atoms with Gasteiger partial charge in [-0.1, -0.05) is 121 Å². The number of furan rings is 1. The Labute approximate surface area is 316 Å². The van der Waals surface area contributed by atoms with Crippen molar-refractivity contribution in [3.63, 3.8) is 0 Å². The van der Waals surface area contributed by atoms with Crippen molar-refractivity contribution in [1.82, 2.24) is 0 Å². The zero-order chi connectivity index (χ0) is 35.6. The molecule has 0 atom stereocenters. The molecule has 1 aliphatic rings. The summed E-state index contributed by atoms with van der Waals surface area (Å²) < 4.78 is 15.1. The molecule has 11 rings (SSSR count). The van der Waals surface area contributed by atoms with Crippen molar-refractivity contribution < 1.29 is 9.15 Å². The van der Waals surface area contributed by atoms with E-state index in [-0.39, 0.29) is 0 Å². The van der Waals surface area contributed by atoms with Crippen LogP contribution in [0.15, 0.2) is 180 Å². The van der Waals surface area contributed by atoms with Crippen LogP contribution in [-0.2, 0) is 6.42 Å². The molecule has 0 saturated carbocycles. The highest BCUT2D eigenvalue weighted by molar-refractivity contribution is 7.26. The number of anilines is 3. The van der Waals surface area contributed by atoms with Gasteiger partial charge in [-0.2, -0.15) is 0 Å². The standard InChI is InChI=1S/C50H33NO2S/c1-2-8-33(9-3-1)40-11-6-13-43-45-30-36(21-27-46(45)53-49(40)43)32-16-22-37(23-17-32)51(39-26-20-35-28-29-52-47(35)31-39)38-24-18-34(19-25-38)41-12-7-14-44-42-10-4-5-15-48(42)54-50(41)44/h1-27,30-31H,28-29H2. The van der Waals surface area contributed by atoms with E-state index < -0.39 is 0 Å². The largest absolute Gasteiger partial charge is 0.493 e. The normalized spacial score (nSPS) is 12.4. The highest BCUT2D eigenvalue weighted by Gasteiger charge is 2.19. The molecular formula is C50H33NO2S. The van der Waals surface area contributed by atoms with Crippen LogP contribution in [0.5, 0.6) is 5.75 Å². The summed E-state index contributed by atoms with van der Waals surface area (Å²) in [4.78, 5) is 2.33. The zero-order valence-electron chi connectivity index (χ0n) is 29.3. The Kier molecular flexibility index (Phi) is 7.17. The molecule has 256 valence electrons. The van der Waals surface area contributed by atoms with E-state index in [4.69, 9.17) is 9.15 Å². The molecule has 0 amide bonds. The van der Waals surface area contributed by atoms with Gasteiger partial charge in [0.2, 0.25) is 0 Å². The smallest absolute Gasteiger partial charge is 0.143 e. The fourth-order valence-electron chi connectivity index (χ4n) is 8.13. The fraction of sp³-hybridized carbons (Fsp3) is 0.0400. The molecule has 0 aliphatic carbocycles. The lowest BCUT2D eigenvalue weighted by molar-refractivity contribution is 0.357. The van der Waals surface area contributed by atoms with Crippen molar-refractivity contribution in [2.24, 2.45) is 0 Å². The molecule has 0 unspecified atom stereocenters. The summed E-state index contributed by atoms with van der Waals surface area (Å²) in [6, 6.07) is 63.3. The fourth-order valence-corrected chi connectivity index (χ4v) is 9.37. The molecule has 0 N–H and O–H groups in total. The first-order valence-electron chi connectivity index (χ1n) is 18.4. The Morgan fingerprint density at radius 3 is 1.96 bits per heavy atom. The molecular weight excluding hydrogens is 679 g/mol. The maximum Gasteiger partial charge on any atom is 0.143 e. The molecule has 2 aromatic heterocycles. The van der Waals surface area contributed by atoms with Crippen LogP contribution >= 0.6 is 11.3 Å². The van der Waals surface area contributed by atoms with Gasteiger partial charge in [0.15, 0.2) is 0 Å². The van der Waals surface area contributed by atoms with Gasteiger partial charge < -0.3 is 14.1 Å². The summed E-state index contributed by atoms with van der Waals surface area (Å²) in [5.74, 6) is 0.971. The first kappa shape index (κ1) is 31.0. The monoisotopic (exact) mass is 711 g/mol. The number of rotatable bonds is 6. The van der Waals surface area contributed by atoms with Crippen molar-refractivity contribution >= 4 is 70.5 Å². The molecule has 0 bridgehead atoms. The molecule has 10 aromatic rings. The summed E-state index contributed by atoms with van der Waals surface area (Å²) in [5.41, 5.74) is 13.4. The van der Waals surface area contributed by atoms with Gasteiger partial charge in [0.05, 0.1) is 6.61 Å². The van der Waals surface area contributed by atoms with Crippen molar-refractivity contribution in [3.8, 4) is 39.1 Å². The Balaban J connectivity index is 0.970. The Morgan fingerprint density at radius 2 is 1.13 bits per heavy atom. The Morgan fingerprint density at radius 1 is 0.463 bits per heavy atom. The van der Waals surface area contributed by atoms with Gasteiger partial charge in [-0.25, -0.2) is 0 Å². The highest BCUT2D eigenvalue weighted by Crippen LogP contribution is 2.43. The summed E-state index contributed by atoms with van der Waals surface area (Å²) in [7, 11) is 0. The Bertz CT molecular complexity index is 3010. The second-order valence-corrected chi connectivity index (χ2v) is 15.0. The maximum absolute atomic E-state index is 6.46. The molecule has 0 saturated heterocycles. The van der Waals surface area contributed by atoms with Crippen LogP contribution in [0.4, 0.5) is 17.1 Å². The second kappa shape index (κ2) is 12.5. The second-order valence-electron chi connectivity index (χ2n) is 14.0. The van der Waals surface area contributed by atoms with E-state index in [1.165, 1.54) is 36.9 Å². The zero-order valence-corrected chi connectivity index (χ0v) is 30.1. The molecule has 1 aliphatic heterocycles. The first-order chi connectivity index (χ1) is 26.7. The molecule has 0 spiro atoms. The van der Waals surface area contributed by atoms with Crippen LogP contribution in [0.3, 0.4) is 0 Å². The third-order valence-corrected chi connectivity index (χ3v) is 12.0. The molecule has 8 aromatic carbocycles. The highest BCUT2D eigenvalue weighted by atomic mass is 32.1. The van der Waals surface area contributed by atoms with Crippen LogP contribution < -0.4 is 9.64 Å². The number of para-hydroxylation sites is 1. The van der Waals surface area contributed by atoms with Crippen LogP contribution in [-0.4, -0.2) is 6.61 Å². The molecule has 3 heterocycles. The number of ether oxygens (including phenoxy) is 1. The van der Waals surface area contributed by atoms with E-state index >= 15 is 0 Å². The van der Waals surface area contributed by atoms with E-state index in [1.54, 1.807) is 0 Å². The number of hydrogen-bond donors (Lipinski definition) is 0. The number of nitrogens with zero attached hydrogens (tertiary/aromatic N) is 1. The van der Waals surface area contributed by atoms with E-state index in [2.05, 4.69) is 175 Å². The third-order valence-electron chi connectivity index (χ3n) is 10.8. The van der Waals surface area contributed by atoms with Gasteiger partial charge in [0.1, 0.15) is 16.9 Å². The van der Waals surface area contributed by atoms with E-state index in [1.807, 2.05) is 17.4 Å². The van der Waals surface area contributed by atoms with Crippen molar-refractivity contribution in [2.75, 3.05) is 11.5 Å². The van der Waals surface area contributed by atoms with Crippen molar-refractivity contribution in [1.29, 1.82) is 0 Å². The molecule has 4 heteroatoms. The average Bonchev–Trinajstić information content (AvgIpc) is 3.97. The number of hydrogen-bond acceptors (Lipinski definition) is 4. The summed E-state index contributed by atoms with van der Waals surface area (Å²) in [6.45, 7) is 0.731. The lowest BCUT2D eigenvalue weighted by Gasteiger charge is -2.26. The first-order valence-corrected chi connectivity index (χ1v) is 19.2. The van der Waals surface area contributed by atoms with Crippen LogP contribution in [0.2, 0.25) is 0 Å². The number of thiophene rings is 1. The van der Waals surface area contributed by atoms with Crippen molar-refractivity contribution in [3.05, 3.63) is 181 Å². The van der Waals surface area contributed by atoms with Gasteiger partial charge in [-0.05, 0) is 81.9 Å². The average molecular weight is 712 g/mol. The molecule has 0 radical (unpaired) electrons.